The van der Waals surface area contributed by atoms with E-state index in [1.807, 2.05) is 47.0 Å². The van der Waals surface area contributed by atoms with E-state index in [9.17, 15) is 14.9 Å². The van der Waals surface area contributed by atoms with Crippen LogP contribution in [0, 0.1) is 10.1 Å². The second-order valence-electron chi connectivity index (χ2n) is 7.20. The van der Waals surface area contributed by atoms with E-state index >= 15 is 0 Å². The van der Waals surface area contributed by atoms with Crippen molar-refractivity contribution in [2.45, 2.75) is 13.0 Å². The summed E-state index contributed by atoms with van der Waals surface area (Å²) in [4.78, 5) is 27.3. The predicted molar refractivity (Wildman–Crippen MR) is 123 cm³/mol. The molecule has 0 radical (unpaired) electrons. The SMILES string of the molecule is COc1ccc(Cc2nc3ccccc3n2CC(=O)NN=Cc2ccc([N+](=O)[O-])o2)cc1OC. The number of hydrogen-bond acceptors (Lipinski definition) is 8. The van der Waals surface area contributed by atoms with Crippen LogP contribution in [0.5, 0.6) is 11.5 Å². The van der Waals surface area contributed by atoms with Gasteiger partial charge >= 0.3 is 5.88 Å². The third-order valence-electron chi connectivity index (χ3n) is 5.02. The molecule has 2 aromatic heterocycles. The van der Waals surface area contributed by atoms with E-state index in [2.05, 4.69) is 10.5 Å². The fourth-order valence-electron chi connectivity index (χ4n) is 3.47. The van der Waals surface area contributed by atoms with E-state index < -0.39 is 16.7 Å². The number of aromatic nitrogens is 2. The molecule has 11 heteroatoms. The Kier molecular flexibility index (Phi) is 6.53. The van der Waals surface area contributed by atoms with Crippen LogP contribution < -0.4 is 14.9 Å². The molecule has 0 unspecified atom stereocenters. The predicted octanol–water partition coefficient (Wildman–Crippen LogP) is 3.30. The van der Waals surface area contributed by atoms with Crippen LogP contribution in [0.2, 0.25) is 0 Å². The van der Waals surface area contributed by atoms with Crippen molar-refractivity contribution in [3.05, 3.63) is 81.9 Å². The van der Waals surface area contributed by atoms with Crippen molar-refractivity contribution in [2.75, 3.05) is 14.2 Å². The van der Waals surface area contributed by atoms with E-state index in [1.165, 1.54) is 18.3 Å². The number of furan rings is 1. The first kappa shape index (κ1) is 22.5. The molecule has 0 atom stereocenters. The number of rotatable bonds is 9. The van der Waals surface area contributed by atoms with E-state index in [0.717, 1.165) is 16.6 Å². The summed E-state index contributed by atoms with van der Waals surface area (Å²) < 4.78 is 17.5. The number of carbonyl (C=O) groups excluding carboxylic acids is 1. The molecular formula is C23H21N5O6. The van der Waals surface area contributed by atoms with Crippen molar-refractivity contribution in [1.82, 2.24) is 15.0 Å². The van der Waals surface area contributed by atoms with Gasteiger partial charge in [0.1, 0.15) is 17.3 Å². The van der Waals surface area contributed by atoms with Crippen LogP contribution in [-0.4, -0.2) is 40.8 Å². The van der Waals surface area contributed by atoms with Gasteiger partial charge in [-0.15, -0.1) is 0 Å². The van der Waals surface area contributed by atoms with E-state index in [4.69, 9.17) is 18.9 Å². The van der Waals surface area contributed by atoms with Crippen LogP contribution in [0.4, 0.5) is 5.88 Å². The van der Waals surface area contributed by atoms with Gasteiger partial charge in [0.2, 0.25) is 0 Å². The Balaban J connectivity index is 1.53. The second-order valence-corrected chi connectivity index (χ2v) is 7.20. The molecule has 0 spiro atoms. The van der Waals surface area contributed by atoms with Crippen molar-refractivity contribution in [3.63, 3.8) is 0 Å². The van der Waals surface area contributed by atoms with Crippen LogP contribution in [0.1, 0.15) is 17.1 Å². The van der Waals surface area contributed by atoms with Gasteiger partial charge in [-0.3, -0.25) is 14.9 Å². The lowest BCUT2D eigenvalue weighted by Gasteiger charge is -2.11. The third-order valence-corrected chi connectivity index (χ3v) is 5.02. The van der Waals surface area contributed by atoms with E-state index in [-0.39, 0.29) is 12.3 Å². The fraction of sp³-hybridized carbons (Fsp3) is 0.174. The minimum absolute atomic E-state index is 0.0290. The van der Waals surface area contributed by atoms with Crippen molar-refractivity contribution in [1.29, 1.82) is 0 Å². The summed E-state index contributed by atoms with van der Waals surface area (Å²) in [6.07, 6.45) is 1.66. The third kappa shape index (κ3) is 4.88. The minimum Gasteiger partial charge on any atom is -0.493 e. The fourth-order valence-corrected chi connectivity index (χ4v) is 3.47. The van der Waals surface area contributed by atoms with Crippen LogP contribution in [-0.2, 0) is 17.8 Å². The van der Waals surface area contributed by atoms with Crippen LogP contribution in [0.15, 0.2) is 64.1 Å². The smallest absolute Gasteiger partial charge is 0.433 e. The Morgan fingerprint density at radius 3 is 2.71 bits per heavy atom. The molecule has 2 heterocycles. The second kappa shape index (κ2) is 9.86. The van der Waals surface area contributed by atoms with Crippen molar-refractivity contribution in [2.24, 2.45) is 5.10 Å². The van der Waals surface area contributed by atoms with Crippen LogP contribution in [0.25, 0.3) is 11.0 Å². The van der Waals surface area contributed by atoms with Crippen molar-refractivity contribution >= 4 is 29.0 Å². The summed E-state index contributed by atoms with van der Waals surface area (Å²) in [5.74, 6) is 1.27. The first-order valence-electron chi connectivity index (χ1n) is 10.2. The summed E-state index contributed by atoms with van der Waals surface area (Å²) in [7, 11) is 3.15. The molecule has 0 aliphatic rings. The number of nitro groups is 1. The van der Waals surface area contributed by atoms with Gasteiger partial charge in [0, 0.05) is 6.42 Å². The topological polar surface area (TPSA) is 134 Å². The summed E-state index contributed by atoms with van der Waals surface area (Å²) in [6, 6.07) is 15.7. The Labute approximate surface area is 193 Å². The molecule has 11 nitrogen and oxygen atoms in total. The highest BCUT2D eigenvalue weighted by Crippen LogP contribution is 2.29. The molecule has 0 bridgehead atoms. The number of hydrazone groups is 1. The lowest BCUT2D eigenvalue weighted by molar-refractivity contribution is -0.402. The van der Waals surface area contributed by atoms with Gasteiger partial charge in [-0.05, 0) is 35.9 Å². The summed E-state index contributed by atoms with van der Waals surface area (Å²) >= 11 is 0. The van der Waals surface area contributed by atoms with Crippen molar-refractivity contribution in [3.8, 4) is 11.5 Å². The number of nitrogens with zero attached hydrogens (tertiary/aromatic N) is 4. The summed E-state index contributed by atoms with van der Waals surface area (Å²) in [5.41, 5.74) is 4.92. The molecule has 0 saturated carbocycles. The Bertz CT molecular complexity index is 1370. The molecule has 0 aliphatic carbocycles. The van der Waals surface area contributed by atoms with E-state index in [1.54, 1.807) is 14.2 Å². The molecule has 1 N–H and O–H groups in total. The highest BCUT2D eigenvalue weighted by Gasteiger charge is 2.15. The Morgan fingerprint density at radius 1 is 1.18 bits per heavy atom. The molecule has 2 aromatic carbocycles. The maximum absolute atomic E-state index is 12.6. The average Bonchev–Trinajstić information content (AvgIpc) is 3.44. The zero-order chi connectivity index (χ0) is 24.1. The maximum atomic E-state index is 12.6. The van der Waals surface area contributed by atoms with Gasteiger partial charge in [-0.25, -0.2) is 10.4 Å². The molecule has 34 heavy (non-hydrogen) atoms. The minimum atomic E-state index is -0.653. The summed E-state index contributed by atoms with van der Waals surface area (Å²) in [5, 5.41) is 14.5. The quantitative estimate of drug-likeness (QED) is 0.229. The van der Waals surface area contributed by atoms with E-state index in [0.29, 0.717) is 23.7 Å². The van der Waals surface area contributed by atoms with Gasteiger partial charge in [0.15, 0.2) is 17.3 Å². The number of fused-ring (bicyclic) bond motifs is 1. The van der Waals surface area contributed by atoms with Gasteiger partial charge < -0.3 is 18.5 Å². The number of benzene rings is 2. The number of nitrogens with one attached hydrogen (secondary N) is 1. The lowest BCUT2D eigenvalue weighted by atomic mass is 10.1. The average molecular weight is 463 g/mol. The lowest BCUT2D eigenvalue weighted by Crippen LogP contribution is -2.24. The zero-order valence-electron chi connectivity index (χ0n) is 18.4. The monoisotopic (exact) mass is 463 g/mol. The number of methoxy groups -OCH3 is 2. The molecular weight excluding hydrogens is 442 g/mol. The highest BCUT2D eigenvalue weighted by atomic mass is 16.6. The van der Waals surface area contributed by atoms with Crippen molar-refractivity contribution < 1.29 is 23.6 Å². The molecule has 1 amide bonds. The number of carbonyl (C=O) groups is 1. The maximum Gasteiger partial charge on any atom is 0.433 e. The first-order valence-corrected chi connectivity index (χ1v) is 10.2. The number of amides is 1. The Morgan fingerprint density at radius 2 is 1.97 bits per heavy atom. The van der Waals surface area contributed by atoms with Gasteiger partial charge in [-0.2, -0.15) is 5.10 Å². The first-order chi connectivity index (χ1) is 16.5. The summed E-state index contributed by atoms with van der Waals surface area (Å²) in [6.45, 7) is -0.0290. The normalized spacial score (nSPS) is 11.1. The molecule has 0 fully saturated rings. The van der Waals surface area contributed by atoms with Gasteiger partial charge in [0.05, 0.1) is 37.5 Å². The molecule has 0 saturated heterocycles. The van der Waals surface area contributed by atoms with Gasteiger partial charge in [-0.1, -0.05) is 18.2 Å². The number of ether oxygens (including phenoxy) is 2. The standard InChI is InChI=1S/C23H21N5O6/c1-32-19-9-7-15(11-20(19)33-2)12-21-25-17-5-3-4-6-18(17)27(21)14-22(29)26-24-13-16-8-10-23(34-16)28(30)31/h3-11,13H,12,14H2,1-2H3,(H,26,29). The molecule has 174 valence electrons. The Hall–Kier alpha value is -4.67. The number of para-hydroxylation sites is 2. The zero-order valence-corrected chi connectivity index (χ0v) is 18.4. The molecule has 0 aliphatic heterocycles. The number of imidazole rings is 1. The van der Waals surface area contributed by atoms with Crippen LogP contribution >= 0.6 is 0 Å². The van der Waals surface area contributed by atoms with Crippen LogP contribution in [0.3, 0.4) is 0 Å². The largest absolute Gasteiger partial charge is 0.493 e. The molecule has 4 rings (SSSR count). The molecule has 4 aromatic rings. The highest BCUT2D eigenvalue weighted by molar-refractivity contribution is 5.83. The number of hydrogen-bond donors (Lipinski definition) is 1. The van der Waals surface area contributed by atoms with Gasteiger partial charge in [0.25, 0.3) is 5.91 Å².